The van der Waals surface area contributed by atoms with E-state index >= 15 is 0 Å². The van der Waals surface area contributed by atoms with Gasteiger partial charge in [0, 0.05) is 12.6 Å². The second-order valence-corrected chi connectivity index (χ2v) is 6.05. The number of carbonyl (C=O) groups excluding carboxylic acids is 1. The molecule has 6 heteroatoms. The number of hydrogen-bond donors (Lipinski definition) is 2. The maximum atomic E-state index is 11.6. The second-order valence-electron chi connectivity index (χ2n) is 4.01. The topological polar surface area (TPSA) is 75.3 Å². The highest BCUT2D eigenvalue weighted by atomic mass is 32.2. The normalized spacial score (nSPS) is 12.2. The molecule has 0 saturated heterocycles. The molecule has 2 N–H and O–H groups in total. The molecule has 19 heavy (non-hydrogen) atoms. The molecule has 0 aliphatic rings. The summed E-state index contributed by atoms with van der Waals surface area (Å²) in [6, 6.07) is 9.50. The van der Waals surface area contributed by atoms with Crippen molar-refractivity contribution in [2.75, 3.05) is 19.3 Å². The Bertz CT molecular complexity index is 551. The first-order valence-electron chi connectivity index (χ1n) is 5.87. The molecule has 0 saturated carbocycles. The molecule has 0 fully saturated rings. The average Bonchev–Trinajstić information content (AvgIpc) is 2.39. The first-order valence-corrected chi connectivity index (χ1v) is 7.52. The minimum absolute atomic E-state index is 0.0839. The summed E-state index contributed by atoms with van der Waals surface area (Å²) in [5, 5.41) is 2.54. The van der Waals surface area contributed by atoms with Gasteiger partial charge >= 0.3 is 0 Å². The summed E-state index contributed by atoms with van der Waals surface area (Å²) in [5.74, 6) is -0.430. The van der Waals surface area contributed by atoms with Crippen LogP contribution in [0.3, 0.4) is 0 Å². The lowest BCUT2D eigenvalue weighted by atomic mass is 10.1. The predicted molar refractivity (Wildman–Crippen MR) is 75.9 cm³/mol. The summed E-state index contributed by atoms with van der Waals surface area (Å²) in [4.78, 5) is 11.6. The van der Waals surface area contributed by atoms with E-state index in [4.69, 9.17) is 0 Å². The Labute approximate surface area is 113 Å². The Morgan fingerprint density at radius 1 is 1.26 bits per heavy atom. The van der Waals surface area contributed by atoms with Crippen molar-refractivity contribution < 1.29 is 13.2 Å². The van der Waals surface area contributed by atoms with Crippen molar-refractivity contribution in [2.45, 2.75) is 6.92 Å². The van der Waals surface area contributed by atoms with Gasteiger partial charge in [0.2, 0.25) is 15.9 Å². The number of sulfonamides is 1. The molecule has 104 valence electrons. The number of allylic oxidation sites excluding steroid dienone is 1. The molecule has 0 aliphatic heterocycles. The van der Waals surface area contributed by atoms with E-state index < -0.39 is 10.0 Å². The van der Waals surface area contributed by atoms with E-state index in [-0.39, 0.29) is 18.2 Å². The Morgan fingerprint density at radius 3 is 2.47 bits per heavy atom. The molecular formula is C13H18N2O3S. The molecule has 1 amide bonds. The number of rotatable bonds is 6. The first kappa shape index (κ1) is 15.4. The van der Waals surface area contributed by atoms with Gasteiger partial charge in [-0.2, -0.15) is 0 Å². The molecule has 0 bridgehead atoms. The van der Waals surface area contributed by atoms with Crippen LogP contribution in [0.15, 0.2) is 36.4 Å². The predicted octanol–water partition coefficient (Wildman–Crippen LogP) is 0.755. The summed E-state index contributed by atoms with van der Waals surface area (Å²) >= 11 is 0. The van der Waals surface area contributed by atoms with Crippen molar-refractivity contribution in [1.82, 2.24) is 10.0 Å². The number of nitrogens with one attached hydrogen (secondary N) is 2. The van der Waals surface area contributed by atoms with E-state index in [9.17, 15) is 13.2 Å². The highest BCUT2D eigenvalue weighted by Crippen LogP contribution is 2.11. The van der Waals surface area contributed by atoms with Gasteiger partial charge in [-0.3, -0.25) is 4.79 Å². The van der Waals surface area contributed by atoms with Crippen molar-refractivity contribution in [2.24, 2.45) is 0 Å². The molecule has 0 aliphatic carbocycles. The highest BCUT2D eigenvalue weighted by molar-refractivity contribution is 7.89. The van der Waals surface area contributed by atoms with E-state index in [1.165, 1.54) is 13.1 Å². The van der Waals surface area contributed by atoms with Gasteiger partial charge in [0.05, 0.1) is 5.75 Å². The largest absolute Gasteiger partial charge is 0.351 e. The van der Waals surface area contributed by atoms with E-state index in [1.54, 1.807) is 0 Å². The van der Waals surface area contributed by atoms with Gasteiger partial charge in [-0.05, 0) is 25.1 Å². The molecule has 0 atom stereocenters. The van der Waals surface area contributed by atoms with Crippen molar-refractivity contribution in [3.63, 3.8) is 0 Å². The van der Waals surface area contributed by atoms with Crippen molar-refractivity contribution in [3.8, 4) is 0 Å². The Hall–Kier alpha value is -1.66. The fourth-order valence-electron chi connectivity index (χ4n) is 1.44. The number of benzene rings is 1. The minimum atomic E-state index is -3.28. The van der Waals surface area contributed by atoms with Gasteiger partial charge in [0.25, 0.3) is 0 Å². The van der Waals surface area contributed by atoms with Crippen molar-refractivity contribution in [3.05, 3.63) is 42.0 Å². The summed E-state index contributed by atoms with van der Waals surface area (Å²) in [5.41, 5.74) is 1.79. The first-order chi connectivity index (χ1) is 8.94. The van der Waals surface area contributed by atoms with E-state index in [0.717, 1.165) is 11.1 Å². The van der Waals surface area contributed by atoms with Crippen LogP contribution in [0.25, 0.3) is 5.57 Å². The maximum Gasteiger partial charge on any atom is 0.244 e. The highest BCUT2D eigenvalue weighted by Gasteiger charge is 2.07. The molecule has 1 aromatic carbocycles. The van der Waals surface area contributed by atoms with Gasteiger partial charge in [-0.1, -0.05) is 30.3 Å². The Morgan fingerprint density at radius 2 is 1.89 bits per heavy atom. The quantitative estimate of drug-likeness (QED) is 0.756. The fraction of sp³-hybridized carbons (Fsp3) is 0.308. The molecule has 0 radical (unpaired) electrons. The van der Waals surface area contributed by atoms with Crippen LogP contribution in [-0.2, 0) is 14.8 Å². The van der Waals surface area contributed by atoms with Crippen LogP contribution < -0.4 is 10.0 Å². The number of carbonyl (C=O) groups is 1. The Kier molecular flexibility index (Phi) is 5.72. The van der Waals surface area contributed by atoms with Crippen LogP contribution in [0, 0.1) is 0 Å². The lowest BCUT2D eigenvalue weighted by Crippen LogP contribution is -2.32. The van der Waals surface area contributed by atoms with Gasteiger partial charge < -0.3 is 5.32 Å². The SMILES string of the molecule is CNS(=O)(=O)CCNC(=O)/C=C(\C)c1ccccc1. The lowest BCUT2D eigenvalue weighted by molar-refractivity contribution is -0.116. The summed E-state index contributed by atoms with van der Waals surface area (Å²) < 4.78 is 24.5. The standard InChI is InChI=1S/C13H18N2O3S/c1-11(12-6-4-3-5-7-12)10-13(16)15-8-9-19(17,18)14-2/h3-7,10,14H,8-9H2,1-2H3,(H,15,16)/b11-10+. The van der Waals surface area contributed by atoms with Crippen LogP contribution in [0.4, 0.5) is 0 Å². The zero-order chi connectivity index (χ0) is 14.3. The zero-order valence-electron chi connectivity index (χ0n) is 11.0. The maximum absolute atomic E-state index is 11.6. The van der Waals surface area contributed by atoms with Gasteiger partial charge in [-0.15, -0.1) is 0 Å². The molecule has 0 spiro atoms. The third-order valence-corrected chi connectivity index (χ3v) is 3.92. The van der Waals surface area contributed by atoms with Gasteiger partial charge in [0.15, 0.2) is 0 Å². The van der Waals surface area contributed by atoms with Crippen molar-refractivity contribution >= 4 is 21.5 Å². The fourth-order valence-corrected chi connectivity index (χ4v) is 2.02. The zero-order valence-corrected chi connectivity index (χ0v) is 11.8. The van der Waals surface area contributed by atoms with Crippen LogP contribution in [0.2, 0.25) is 0 Å². The summed E-state index contributed by atoms with van der Waals surface area (Å²) in [7, 11) is -1.94. The molecule has 0 heterocycles. The van der Waals surface area contributed by atoms with E-state index in [1.807, 2.05) is 37.3 Å². The van der Waals surface area contributed by atoms with Gasteiger partial charge in [0.1, 0.15) is 0 Å². The minimum Gasteiger partial charge on any atom is -0.351 e. The molecule has 1 aromatic rings. The van der Waals surface area contributed by atoms with Crippen LogP contribution in [0.5, 0.6) is 0 Å². The Balaban J connectivity index is 2.52. The number of hydrogen-bond acceptors (Lipinski definition) is 3. The van der Waals surface area contributed by atoms with E-state index in [2.05, 4.69) is 10.0 Å². The molecule has 0 unspecified atom stereocenters. The number of amides is 1. The smallest absolute Gasteiger partial charge is 0.244 e. The molecular weight excluding hydrogens is 264 g/mol. The summed E-state index contributed by atoms with van der Waals surface area (Å²) in [6.45, 7) is 1.92. The average molecular weight is 282 g/mol. The molecule has 0 aromatic heterocycles. The lowest BCUT2D eigenvalue weighted by Gasteiger charge is -2.04. The monoisotopic (exact) mass is 282 g/mol. The third kappa shape index (κ3) is 5.67. The summed E-state index contributed by atoms with van der Waals surface area (Å²) in [6.07, 6.45) is 1.46. The van der Waals surface area contributed by atoms with Gasteiger partial charge in [-0.25, -0.2) is 13.1 Å². The van der Waals surface area contributed by atoms with Crippen LogP contribution in [0.1, 0.15) is 12.5 Å². The molecule has 5 nitrogen and oxygen atoms in total. The third-order valence-electron chi connectivity index (χ3n) is 2.56. The molecule has 1 rings (SSSR count). The van der Waals surface area contributed by atoms with Crippen LogP contribution in [-0.4, -0.2) is 33.7 Å². The van der Waals surface area contributed by atoms with Crippen LogP contribution >= 0.6 is 0 Å². The van der Waals surface area contributed by atoms with E-state index in [0.29, 0.717) is 0 Å². The second kappa shape index (κ2) is 7.06. The van der Waals surface area contributed by atoms with Crippen molar-refractivity contribution in [1.29, 1.82) is 0 Å².